The molecule has 29 heavy (non-hydrogen) atoms. The van der Waals surface area contributed by atoms with Gasteiger partial charge in [-0.25, -0.2) is 4.68 Å². The number of carbonyl (C=O) groups is 2. The van der Waals surface area contributed by atoms with Crippen molar-refractivity contribution < 1.29 is 9.59 Å². The number of fused-ring (bicyclic) bond motifs is 1. The van der Waals surface area contributed by atoms with Crippen molar-refractivity contribution in [2.75, 3.05) is 19.6 Å². The van der Waals surface area contributed by atoms with E-state index in [2.05, 4.69) is 15.6 Å². The average molecular weight is 400 g/mol. The summed E-state index contributed by atoms with van der Waals surface area (Å²) in [4.78, 5) is 38.5. The molecular formula is C20H28N6O3. The Morgan fingerprint density at radius 3 is 2.59 bits per heavy atom. The molecule has 1 aliphatic rings. The van der Waals surface area contributed by atoms with Crippen molar-refractivity contribution >= 4 is 22.7 Å². The molecule has 3 rings (SSSR count). The van der Waals surface area contributed by atoms with Crippen molar-refractivity contribution in [3.8, 4) is 0 Å². The van der Waals surface area contributed by atoms with Gasteiger partial charge in [0, 0.05) is 5.92 Å². The molecule has 1 aromatic carbocycles. The van der Waals surface area contributed by atoms with Gasteiger partial charge in [-0.15, -0.1) is 5.10 Å². The lowest BCUT2D eigenvalue weighted by Gasteiger charge is -2.31. The predicted octanol–water partition coefficient (Wildman–Crippen LogP) is 0.130. The predicted molar refractivity (Wildman–Crippen MR) is 109 cm³/mol. The SMILES string of the molecule is CC(C)[C@H](Cn1nnc2ccccc2c1=O)NC(=O)CN1CCC(C(N)=O)CC1. The van der Waals surface area contributed by atoms with Crippen molar-refractivity contribution in [3.05, 3.63) is 34.6 Å². The molecule has 0 unspecified atom stereocenters. The van der Waals surface area contributed by atoms with Crippen molar-refractivity contribution in [3.63, 3.8) is 0 Å². The zero-order valence-electron chi connectivity index (χ0n) is 16.9. The van der Waals surface area contributed by atoms with E-state index in [9.17, 15) is 14.4 Å². The maximum atomic E-state index is 12.7. The van der Waals surface area contributed by atoms with Crippen LogP contribution >= 0.6 is 0 Å². The number of nitrogens with one attached hydrogen (secondary N) is 1. The highest BCUT2D eigenvalue weighted by molar-refractivity contribution is 5.79. The fourth-order valence-corrected chi connectivity index (χ4v) is 3.58. The minimum Gasteiger partial charge on any atom is -0.369 e. The molecule has 0 bridgehead atoms. The monoisotopic (exact) mass is 400 g/mol. The van der Waals surface area contributed by atoms with Crippen LogP contribution in [0.25, 0.3) is 10.9 Å². The summed E-state index contributed by atoms with van der Waals surface area (Å²) in [6, 6.07) is 6.82. The molecule has 1 fully saturated rings. The van der Waals surface area contributed by atoms with Gasteiger partial charge in [-0.05, 0) is 44.0 Å². The highest BCUT2D eigenvalue weighted by atomic mass is 16.2. The number of aromatic nitrogens is 3. The molecule has 2 aromatic rings. The molecule has 1 saturated heterocycles. The molecule has 2 heterocycles. The Kier molecular flexibility index (Phi) is 6.58. The van der Waals surface area contributed by atoms with Crippen LogP contribution in [0.3, 0.4) is 0 Å². The van der Waals surface area contributed by atoms with Gasteiger partial charge in [-0.2, -0.15) is 0 Å². The molecule has 0 spiro atoms. The number of nitrogens with two attached hydrogens (primary N) is 1. The largest absolute Gasteiger partial charge is 0.369 e. The average Bonchev–Trinajstić information content (AvgIpc) is 2.70. The van der Waals surface area contributed by atoms with E-state index in [-0.39, 0.29) is 48.3 Å². The maximum Gasteiger partial charge on any atom is 0.277 e. The first-order chi connectivity index (χ1) is 13.8. The van der Waals surface area contributed by atoms with Crippen molar-refractivity contribution in [2.24, 2.45) is 17.6 Å². The summed E-state index contributed by atoms with van der Waals surface area (Å²) in [6.07, 6.45) is 1.36. The Morgan fingerprint density at radius 1 is 1.24 bits per heavy atom. The number of nitrogens with zero attached hydrogens (tertiary/aromatic N) is 4. The smallest absolute Gasteiger partial charge is 0.277 e. The Labute approximate surface area is 169 Å². The number of piperidine rings is 1. The van der Waals surface area contributed by atoms with Gasteiger partial charge in [0.25, 0.3) is 5.56 Å². The molecular weight excluding hydrogens is 372 g/mol. The summed E-state index contributed by atoms with van der Waals surface area (Å²) in [5.41, 5.74) is 5.69. The van der Waals surface area contributed by atoms with Crippen LogP contribution in [0.15, 0.2) is 29.1 Å². The van der Waals surface area contributed by atoms with Crippen LogP contribution < -0.4 is 16.6 Å². The standard InChI is InChI=1S/C20H28N6O3/c1-13(2)17(11-26-20(29)15-5-3-4-6-16(15)23-24-26)22-18(27)12-25-9-7-14(8-10-25)19(21)28/h3-6,13-14,17H,7-12H2,1-2H3,(H2,21,28)(H,22,27)/t17-/m0/s1. The van der Waals surface area contributed by atoms with Gasteiger partial charge in [0.15, 0.2) is 0 Å². The zero-order chi connectivity index (χ0) is 21.0. The van der Waals surface area contributed by atoms with Gasteiger partial charge in [0.1, 0.15) is 5.52 Å². The number of amides is 2. The van der Waals surface area contributed by atoms with Gasteiger partial charge in [0.2, 0.25) is 11.8 Å². The number of likely N-dealkylation sites (tertiary alicyclic amines) is 1. The molecule has 0 radical (unpaired) electrons. The lowest BCUT2D eigenvalue weighted by Crippen LogP contribution is -2.49. The van der Waals surface area contributed by atoms with Crippen LogP contribution in [0.4, 0.5) is 0 Å². The van der Waals surface area contributed by atoms with E-state index < -0.39 is 0 Å². The molecule has 1 atom stereocenters. The first kappa shape index (κ1) is 20.9. The number of hydrogen-bond donors (Lipinski definition) is 2. The third kappa shape index (κ3) is 5.17. The quantitative estimate of drug-likeness (QED) is 0.681. The molecule has 1 aromatic heterocycles. The zero-order valence-corrected chi connectivity index (χ0v) is 16.9. The van der Waals surface area contributed by atoms with Crippen LogP contribution in [-0.4, -0.2) is 57.4 Å². The Bertz CT molecular complexity index is 933. The molecule has 3 N–H and O–H groups in total. The fourth-order valence-electron chi connectivity index (χ4n) is 3.58. The molecule has 0 aliphatic carbocycles. The van der Waals surface area contributed by atoms with Gasteiger partial charge >= 0.3 is 0 Å². The second kappa shape index (κ2) is 9.13. The summed E-state index contributed by atoms with van der Waals surface area (Å²) < 4.78 is 1.31. The van der Waals surface area contributed by atoms with Crippen LogP contribution in [0.2, 0.25) is 0 Å². The van der Waals surface area contributed by atoms with Crippen LogP contribution in [-0.2, 0) is 16.1 Å². The van der Waals surface area contributed by atoms with E-state index in [4.69, 9.17) is 5.73 Å². The summed E-state index contributed by atoms with van der Waals surface area (Å²) in [5, 5.41) is 11.7. The van der Waals surface area contributed by atoms with Crippen molar-refractivity contribution in [1.82, 2.24) is 25.2 Å². The first-order valence-corrected chi connectivity index (χ1v) is 9.98. The van der Waals surface area contributed by atoms with Gasteiger partial charge in [0.05, 0.1) is 24.5 Å². The third-order valence-corrected chi connectivity index (χ3v) is 5.51. The lowest BCUT2D eigenvalue weighted by atomic mass is 9.96. The second-order valence-electron chi connectivity index (χ2n) is 7.96. The Morgan fingerprint density at radius 2 is 1.93 bits per heavy atom. The van der Waals surface area contributed by atoms with Gasteiger partial charge < -0.3 is 11.1 Å². The Balaban J connectivity index is 1.62. The van der Waals surface area contributed by atoms with E-state index in [1.165, 1.54) is 4.68 Å². The fraction of sp³-hybridized carbons (Fsp3) is 0.550. The molecule has 2 amide bonds. The highest BCUT2D eigenvalue weighted by Gasteiger charge is 2.25. The molecule has 1 aliphatic heterocycles. The Hall–Kier alpha value is -2.81. The summed E-state index contributed by atoms with van der Waals surface area (Å²) in [5.74, 6) is -0.366. The second-order valence-corrected chi connectivity index (χ2v) is 7.96. The van der Waals surface area contributed by atoms with Gasteiger partial charge in [-0.3, -0.25) is 19.3 Å². The minimum atomic E-state index is -0.268. The normalized spacial score (nSPS) is 16.8. The van der Waals surface area contributed by atoms with E-state index in [0.29, 0.717) is 36.8 Å². The number of primary amides is 1. The molecule has 9 nitrogen and oxygen atoms in total. The molecule has 9 heteroatoms. The van der Waals surface area contributed by atoms with Crippen molar-refractivity contribution in [2.45, 2.75) is 39.3 Å². The summed E-state index contributed by atoms with van der Waals surface area (Å²) >= 11 is 0. The van der Waals surface area contributed by atoms with E-state index >= 15 is 0 Å². The van der Waals surface area contributed by atoms with Crippen LogP contribution in [0.1, 0.15) is 26.7 Å². The number of hydrogen-bond acceptors (Lipinski definition) is 6. The highest BCUT2D eigenvalue weighted by Crippen LogP contribution is 2.16. The van der Waals surface area contributed by atoms with Crippen LogP contribution in [0.5, 0.6) is 0 Å². The van der Waals surface area contributed by atoms with E-state index in [1.807, 2.05) is 24.8 Å². The summed E-state index contributed by atoms with van der Waals surface area (Å²) in [7, 11) is 0. The first-order valence-electron chi connectivity index (χ1n) is 9.98. The number of carbonyl (C=O) groups excluding carboxylic acids is 2. The maximum absolute atomic E-state index is 12.7. The third-order valence-electron chi connectivity index (χ3n) is 5.51. The van der Waals surface area contributed by atoms with Gasteiger partial charge in [-0.1, -0.05) is 31.2 Å². The molecule has 156 valence electrons. The summed E-state index contributed by atoms with van der Waals surface area (Å²) in [6.45, 7) is 5.83. The number of benzene rings is 1. The molecule has 0 saturated carbocycles. The van der Waals surface area contributed by atoms with E-state index in [1.54, 1.807) is 18.2 Å². The van der Waals surface area contributed by atoms with Crippen molar-refractivity contribution in [1.29, 1.82) is 0 Å². The van der Waals surface area contributed by atoms with E-state index in [0.717, 1.165) is 0 Å². The number of rotatable bonds is 7. The topological polar surface area (TPSA) is 123 Å². The minimum absolute atomic E-state index is 0.101. The van der Waals surface area contributed by atoms with Crippen LogP contribution in [0, 0.1) is 11.8 Å². The lowest BCUT2D eigenvalue weighted by molar-refractivity contribution is -0.124.